The molecular weight excluding hydrogens is 320 g/mol. The number of aromatic nitrogens is 1. The molecule has 2 aliphatic heterocycles. The van der Waals surface area contributed by atoms with Gasteiger partial charge in [0.25, 0.3) is 11.8 Å². The van der Waals surface area contributed by atoms with Gasteiger partial charge >= 0.3 is 0 Å². The summed E-state index contributed by atoms with van der Waals surface area (Å²) in [6, 6.07) is 4.16. The molecule has 4 atom stereocenters. The van der Waals surface area contributed by atoms with Crippen LogP contribution in [0.2, 0.25) is 0 Å². The zero-order valence-corrected chi connectivity index (χ0v) is 14.6. The van der Waals surface area contributed by atoms with Crippen molar-refractivity contribution in [1.82, 2.24) is 14.8 Å². The lowest BCUT2D eigenvalue weighted by atomic mass is 10.2. The van der Waals surface area contributed by atoms with Gasteiger partial charge in [-0.05, 0) is 45.4 Å². The molecular formula is C18H24N4O3. The van der Waals surface area contributed by atoms with E-state index in [4.69, 9.17) is 4.74 Å². The molecule has 2 saturated heterocycles. The third-order valence-corrected chi connectivity index (χ3v) is 5.42. The monoisotopic (exact) mass is 344 g/mol. The van der Waals surface area contributed by atoms with Gasteiger partial charge in [-0.25, -0.2) is 0 Å². The second kappa shape index (κ2) is 6.38. The molecule has 1 N–H and O–H groups in total. The van der Waals surface area contributed by atoms with Crippen molar-refractivity contribution in [3.63, 3.8) is 0 Å². The fraction of sp³-hybridized carbons (Fsp3) is 0.611. The number of hydrogen-bond acceptors (Lipinski definition) is 5. The summed E-state index contributed by atoms with van der Waals surface area (Å²) in [5, 5.41) is 2.85. The highest BCUT2D eigenvalue weighted by Gasteiger charge is 2.49. The molecule has 3 heterocycles. The molecule has 0 bridgehead atoms. The molecule has 25 heavy (non-hydrogen) atoms. The molecule has 7 heteroatoms. The largest absolute Gasteiger partial charge is 0.365 e. The van der Waals surface area contributed by atoms with Crippen LogP contribution in [0.5, 0.6) is 0 Å². The Morgan fingerprint density at radius 1 is 1.28 bits per heavy atom. The fourth-order valence-electron chi connectivity index (χ4n) is 3.82. The van der Waals surface area contributed by atoms with Gasteiger partial charge in [0.15, 0.2) is 0 Å². The van der Waals surface area contributed by atoms with Gasteiger partial charge in [-0.3, -0.25) is 19.5 Å². The Balaban J connectivity index is 1.43. The van der Waals surface area contributed by atoms with Crippen molar-refractivity contribution in [2.75, 3.05) is 25.5 Å². The summed E-state index contributed by atoms with van der Waals surface area (Å²) in [6.45, 7) is 3.58. The Hall–Kier alpha value is -1.99. The van der Waals surface area contributed by atoms with Crippen LogP contribution in [-0.2, 0) is 9.53 Å². The SMILES string of the molecule is CC1CCC(C(=O)Nc2ccnc(C(=O)N3CCN(C)C4CC43)c2)O1. The highest BCUT2D eigenvalue weighted by molar-refractivity contribution is 5.97. The van der Waals surface area contributed by atoms with Crippen LogP contribution in [0.3, 0.4) is 0 Å². The van der Waals surface area contributed by atoms with Crippen LogP contribution in [0.15, 0.2) is 18.3 Å². The van der Waals surface area contributed by atoms with Gasteiger partial charge in [0, 0.05) is 37.1 Å². The Morgan fingerprint density at radius 3 is 2.88 bits per heavy atom. The summed E-state index contributed by atoms with van der Waals surface area (Å²) in [4.78, 5) is 33.5. The van der Waals surface area contributed by atoms with Crippen LogP contribution in [0.4, 0.5) is 5.69 Å². The average molecular weight is 344 g/mol. The summed E-state index contributed by atoms with van der Waals surface area (Å²) in [7, 11) is 2.10. The van der Waals surface area contributed by atoms with Crippen molar-refractivity contribution in [3.8, 4) is 0 Å². The Kier molecular flexibility index (Phi) is 4.21. The number of nitrogens with one attached hydrogen (secondary N) is 1. The summed E-state index contributed by atoms with van der Waals surface area (Å²) >= 11 is 0. The lowest BCUT2D eigenvalue weighted by molar-refractivity contribution is -0.126. The number of carbonyl (C=O) groups excluding carboxylic acids is 2. The van der Waals surface area contributed by atoms with Crippen molar-refractivity contribution in [2.24, 2.45) is 0 Å². The Bertz CT molecular complexity index is 695. The van der Waals surface area contributed by atoms with Crippen LogP contribution < -0.4 is 5.32 Å². The van der Waals surface area contributed by atoms with Gasteiger partial charge in [0.2, 0.25) is 0 Å². The predicted octanol–water partition coefficient (Wildman–Crippen LogP) is 1.12. The third kappa shape index (κ3) is 3.26. The molecule has 1 aliphatic carbocycles. The van der Waals surface area contributed by atoms with Crippen LogP contribution in [-0.4, -0.2) is 71.0 Å². The van der Waals surface area contributed by atoms with Gasteiger partial charge in [0.05, 0.1) is 6.10 Å². The minimum Gasteiger partial charge on any atom is -0.365 e. The van der Waals surface area contributed by atoms with E-state index in [9.17, 15) is 9.59 Å². The maximum atomic E-state index is 12.8. The van der Waals surface area contributed by atoms with E-state index in [1.54, 1.807) is 18.3 Å². The van der Waals surface area contributed by atoms with Crippen molar-refractivity contribution in [1.29, 1.82) is 0 Å². The minimum absolute atomic E-state index is 0.0533. The topological polar surface area (TPSA) is 74.8 Å². The molecule has 1 aromatic rings. The highest BCUT2D eigenvalue weighted by atomic mass is 16.5. The number of rotatable bonds is 3. The van der Waals surface area contributed by atoms with Crippen molar-refractivity contribution < 1.29 is 14.3 Å². The van der Waals surface area contributed by atoms with Crippen LogP contribution in [0, 0.1) is 0 Å². The number of ether oxygens (including phenoxy) is 1. The molecule has 4 rings (SSSR count). The molecule has 0 spiro atoms. The van der Waals surface area contributed by atoms with Crippen LogP contribution in [0.1, 0.15) is 36.7 Å². The molecule has 1 saturated carbocycles. The molecule has 3 aliphatic rings. The van der Waals surface area contributed by atoms with E-state index < -0.39 is 6.10 Å². The number of piperazine rings is 1. The predicted molar refractivity (Wildman–Crippen MR) is 92.3 cm³/mol. The first-order chi connectivity index (χ1) is 12.0. The average Bonchev–Trinajstić information content (AvgIpc) is 3.30. The summed E-state index contributed by atoms with van der Waals surface area (Å²) in [5.74, 6) is -0.210. The first kappa shape index (κ1) is 16.5. The molecule has 134 valence electrons. The summed E-state index contributed by atoms with van der Waals surface area (Å²) < 4.78 is 5.59. The van der Waals surface area contributed by atoms with Crippen LogP contribution in [0.25, 0.3) is 0 Å². The third-order valence-electron chi connectivity index (χ3n) is 5.42. The zero-order chi connectivity index (χ0) is 17.6. The van der Waals surface area contributed by atoms with Gasteiger partial charge in [-0.1, -0.05) is 0 Å². The lowest BCUT2D eigenvalue weighted by Crippen LogP contribution is -2.47. The van der Waals surface area contributed by atoms with Crippen LogP contribution >= 0.6 is 0 Å². The maximum absolute atomic E-state index is 12.8. The number of nitrogens with zero attached hydrogens (tertiary/aromatic N) is 3. The van der Waals surface area contributed by atoms with E-state index in [0.717, 1.165) is 32.4 Å². The van der Waals surface area contributed by atoms with E-state index in [1.165, 1.54) is 0 Å². The standard InChI is InChI=1S/C18H24N4O3/c1-11-3-4-16(25-11)17(23)20-12-5-6-19-13(9-12)18(24)22-8-7-21(2)14-10-15(14)22/h5-6,9,11,14-16H,3-4,7-8,10H2,1-2H3,(H,19,20,23). The Labute approximate surface area is 147 Å². The number of likely N-dealkylation sites (N-methyl/N-ethyl adjacent to an activating group) is 1. The number of carbonyl (C=O) groups is 2. The summed E-state index contributed by atoms with van der Waals surface area (Å²) in [6.07, 6.45) is 3.94. The molecule has 7 nitrogen and oxygen atoms in total. The smallest absolute Gasteiger partial charge is 0.272 e. The first-order valence-corrected chi connectivity index (χ1v) is 8.96. The Morgan fingerprint density at radius 2 is 2.12 bits per heavy atom. The second-order valence-electron chi connectivity index (χ2n) is 7.28. The second-order valence-corrected chi connectivity index (χ2v) is 7.28. The number of amides is 2. The van der Waals surface area contributed by atoms with Gasteiger partial charge in [0.1, 0.15) is 11.8 Å². The van der Waals surface area contributed by atoms with Gasteiger partial charge in [-0.15, -0.1) is 0 Å². The fourth-order valence-corrected chi connectivity index (χ4v) is 3.82. The van der Waals surface area contributed by atoms with E-state index in [0.29, 0.717) is 23.5 Å². The van der Waals surface area contributed by atoms with Gasteiger partial charge in [-0.2, -0.15) is 0 Å². The van der Waals surface area contributed by atoms with Gasteiger partial charge < -0.3 is 15.0 Å². The highest BCUT2D eigenvalue weighted by Crippen LogP contribution is 2.36. The zero-order valence-electron chi connectivity index (χ0n) is 14.6. The van der Waals surface area contributed by atoms with Crippen molar-refractivity contribution >= 4 is 17.5 Å². The van der Waals surface area contributed by atoms with E-state index in [2.05, 4.69) is 22.2 Å². The summed E-state index contributed by atoms with van der Waals surface area (Å²) in [5.41, 5.74) is 0.974. The molecule has 1 aromatic heterocycles. The minimum atomic E-state index is -0.410. The van der Waals surface area contributed by atoms with E-state index in [1.807, 2.05) is 11.8 Å². The number of anilines is 1. The number of fused-ring (bicyclic) bond motifs is 1. The van der Waals surface area contributed by atoms with Crippen molar-refractivity contribution in [2.45, 2.75) is 50.5 Å². The first-order valence-electron chi connectivity index (χ1n) is 8.96. The molecule has 2 amide bonds. The van der Waals surface area contributed by atoms with E-state index in [-0.39, 0.29) is 17.9 Å². The number of hydrogen-bond donors (Lipinski definition) is 1. The number of pyridine rings is 1. The molecule has 0 radical (unpaired) electrons. The van der Waals surface area contributed by atoms with Crippen molar-refractivity contribution in [3.05, 3.63) is 24.0 Å². The quantitative estimate of drug-likeness (QED) is 0.889. The van der Waals surface area contributed by atoms with E-state index >= 15 is 0 Å². The maximum Gasteiger partial charge on any atom is 0.272 e. The normalized spacial score (nSPS) is 31.5. The lowest BCUT2D eigenvalue weighted by Gasteiger charge is -2.31. The molecule has 4 unspecified atom stereocenters. The molecule has 3 fully saturated rings. The molecule has 0 aromatic carbocycles.